The van der Waals surface area contributed by atoms with Crippen LogP contribution in [-0.2, 0) is 11.2 Å². The normalized spacial score (nSPS) is 12.5. The first kappa shape index (κ1) is 17.7. The Balaban J connectivity index is 1.71. The fraction of sp³-hybridized carbons (Fsp3) is 0.211. The number of anilines is 1. The number of amides is 1. The minimum Gasteiger partial charge on any atom is -0.486 e. The predicted molar refractivity (Wildman–Crippen MR) is 102 cm³/mol. The molecule has 1 heterocycles. The number of fused-ring (bicyclic) bond motifs is 1. The van der Waals surface area contributed by atoms with Gasteiger partial charge in [-0.05, 0) is 29.8 Å². The van der Waals surface area contributed by atoms with E-state index in [4.69, 9.17) is 21.1 Å². The van der Waals surface area contributed by atoms with E-state index in [1.165, 1.54) is 0 Å². The van der Waals surface area contributed by atoms with Gasteiger partial charge in [-0.1, -0.05) is 29.8 Å². The fourth-order valence-electron chi connectivity index (χ4n) is 2.49. The highest BCUT2D eigenvalue weighted by molar-refractivity contribution is 7.99. The van der Waals surface area contributed by atoms with Gasteiger partial charge < -0.3 is 14.8 Å². The molecule has 0 aliphatic carbocycles. The number of carbonyl (C=O) groups excluding carboxylic acids is 1. The molecule has 0 bridgehead atoms. The summed E-state index contributed by atoms with van der Waals surface area (Å²) in [6.45, 7) is 4.68. The molecular weight excluding hydrogens is 358 g/mol. The molecular formula is C19H18ClNO3S. The van der Waals surface area contributed by atoms with E-state index in [1.807, 2.05) is 30.3 Å². The summed E-state index contributed by atoms with van der Waals surface area (Å²) in [6, 6.07) is 11.3. The first-order valence-electron chi connectivity index (χ1n) is 7.88. The van der Waals surface area contributed by atoms with Crippen molar-refractivity contribution in [3.8, 4) is 11.5 Å². The Morgan fingerprint density at radius 2 is 2.08 bits per heavy atom. The Morgan fingerprint density at radius 3 is 2.92 bits per heavy atom. The van der Waals surface area contributed by atoms with Crippen LogP contribution < -0.4 is 14.8 Å². The van der Waals surface area contributed by atoms with E-state index in [2.05, 4.69) is 11.9 Å². The predicted octanol–water partition coefficient (Wildman–Crippen LogP) is 4.57. The molecule has 6 heteroatoms. The zero-order chi connectivity index (χ0) is 17.6. The van der Waals surface area contributed by atoms with Crippen LogP contribution in [0.4, 0.5) is 5.69 Å². The molecule has 0 spiro atoms. The van der Waals surface area contributed by atoms with Crippen LogP contribution in [0.25, 0.3) is 0 Å². The maximum atomic E-state index is 12.4. The highest BCUT2D eigenvalue weighted by Crippen LogP contribution is 2.38. The third-order valence-electron chi connectivity index (χ3n) is 3.54. The molecule has 130 valence electrons. The second-order valence-corrected chi connectivity index (χ2v) is 6.89. The Morgan fingerprint density at radius 1 is 1.28 bits per heavy atom. The van der Waals surface area contributed by atoms with Crippen molar-refractivity contribution >= 4 is 35.0 Å². The van der Waals surface area contributed by atoms with Gasteiger partial charge in [-0.15, -0.1) is 18.3 Å². The monoisotopic (exact) mass is 375 g/mol. The Labute approximate surface area is 156 Å². The number of benzene rings is 2. The summed E-state index contributed by atoms with van der Waals surface area (Å²) in [4.78, 5) is 13.4. The molecule has 0 atom stereocenters. The number of rotatable bonds is 6. The number of ether oxygens (including phenoxy) is 2. The van der Waals surface area contributed by atoms with Crippen LogP contribution in [0, 0.1) is 0 Å². The fourth-order valence-corrected chi connectivity index (χ4v) is 3.53. The summed E-state index contributed by atoms with van der Waals surface area (Å²) in [5.41, 5.74) is 1.57. The highest BCUT2D eigenvalue weighted by Gasteiger charge is 2.18. The largest absolute Gasteiger partial charge is 0.486 e. The first-order chi connectivity index (χ1) is 12.2. The number of hydrogen-bond donors (Lipinski definition) is 1. The third kappa shape index (κ3) is 4.50. The van der Waals surface area contributed by atoms with E-state index in [9.17, 15) is 4.79 Å². The van der Waals surface area contributed by atoms with Crippen LogP contribution in [0.3, 0.4) is 0 Å². The number of carbonyl (C=O) groups is 1. The first-order valence-corrected chi connectivity index (χ1v) is 9.24. The summed E-state index contributed by atoms with van der Waals surface area (Å²) in [5, 5.41) is 3.42. The van der Waals surface area contributed by atoms with Crippen molar-refractivity contribution in [2.24, 2.45) is 0 Å². The lowest BCUT2D eigenvalue weighted by Crippen LogP contribution is -2.17. The van der Waals surface area contributed by atoms with Gasteiger partial charge in [0.05, 0.1) is 17.1 Å². The summed E-state index contributed by atoms with van der Waals surface area (Å²) < 4.78 is 11.0. The van der Waals surface area contributed by atoms with Crippen molar-refractivity contribution in [3.05, 3.63) is 59.6 Å². The molecule has 1 N–H and O–H groups in total. The Bertz CT molecular complexity index is 794. The Kier molecular flexibility index (Phi) is 5.89. The lowest BCUT2D eigenvalue weighted by molar-refractivity contribution is -0.115. The van der Waals surface area contributed by atoms with Gasteiger partial charge in [0.1, 0.15) is 13.2 Å². The molecule has 25 heavy (non-hydrogen) atoms. The molecule has 0 saturated carbocycles. The third-order valence-corrected chi connectivity index (χ3v) is 4.89. The van der Waals surface area contributed by atoms with Crippen molar-refractivity contribution in [2.75, 3.05) is 24.3 Å². The lowest BCUT2D eigenvalue weighted by atomic mass is 10.1. The van der Waals surface area contributed by atoms with Crippen molar-refractivity contribution in [1.82, 2.24) is 0 Å². The SMILES string of the molecule is C=CCSc1ccccc1NC(=O)Cc1cc(Cl)c2c(c1)OCCO2. The standard InChI is InChI=1S/C19H18ClNO3S/c1-2-9-25-17-6-4-3-5-15(17)21-18(22)12-13-10-14(20)19-16(11-13)23-7-8-24-19/h2-6,10-11H,1,7-9,12H2,(H,21,22). The molecule has 0 unspecified atom stereocenters. The summed E-state index contributed by atoms with van der Waals surface area (Å²) >= 11 is 7.85. The van der Waals surface area contributed by atoms with E-state index in [1.54, 1.807) is 23.9 Å². The van der Waals surface area contributed by atoms with E-state index < -0.39 is 0 Å². The van der Waals surface area contributed by atoms with Gasteiger partial charge in [-0.3, -0.25) is 4.79 Å². The van der Waals surface area contributed by atoms with E-state index in [0.717, 1.165) is 21.9 Å². The van der Waals surface area contributed by atoms with Gasteiger partial charge in [0.2, 0.25) is 5.91 Å². The molecule has 2 aromatic carbocycles. The van der Waals surface area contributed by atoms with Crippen LogP contribution in [0.15, 0.2) is 53.9 Å². The molecule has 0 radical (unpaired) electrons. The number of thioether (sulfide) groups is 1. The van der Waals surface area contributed by atoms with Gasteiger partial charge >= 0.3 is 0 Å². The van der Waals surface area contributed by atoms with Gasteiger partial charge in [-0.2, -0.15) is 0 Å². The molecule has 0 saturated heterocycles. The van der Waals surface area contributed by atoms with E-state index >= 15 is 0 Å². The number of nitrogens with one attached hydrogen (secondary N) is 1. The maximum Gasteiger partial charge on any atom is 0.228 e. The smallest absolute Gasteiger partial charge is 0.228 e. The zero-order valence-corrected chi connectivity index (χ0v) is 15.2. The second kappa shape index (κ2) is 8.32. The lowest BCUT2D eigenvalue weighted by Gasteiger charge is -2.20. The van der Waals surface area contributed by atoms with Crippen molar-refractivity contribution in [2.45, 2.75) is 11.3 Å². The number of halogens is 1. The van der Waals surface area contributed by atoms with Gasteiger partial charge in [0.15, 0.2) is 11.5 Å². The van der Waals surface area contributed by atoms with Gasteiger partial charge in [0.25, 0.3) is 0 Å². The molecule has 0 aromatic heterocycles. The van der Waals surface area contributed by atoms with Crippen LogP contribution >= 0.6 is 23.4 Å². The molecule has 0 fully saturated rings. The quantitative estimate of drug-likeness (QED) is 0.593. The van der Waals surface area contributed by atoms with Crippen molar-refractivity contribution in [3.63, 3.8) is 0 Å². The molecule has 4 nitrogen and oxygen atoms in total. The summed E-state index contributed by atoms with van der Waals surface area (Å²) in [6.07, 6.45) is 2.04. The minimum absolute atomic E-state index is 0.112. The van der Waals surface area contributed by atoms with Crippen LogP contribution in [0.1, 0.15) is 5.56 Å². The molecule has 1 amide bonds. The summed E-state index contributed by atoms with van der Waals surface area (Å²) in [5.74, 6) is 1.80. The zero-order valence-electron chi connectivity index (χ0n) is 13.6. The van der Waals surface area contributed by atoms with E-state index in [-0.39, 0.29) is 12.3 Å². The highest BCUT2D eigenvalue weighted by atomic mass is 35.5. The van der Waals surface area contributed by atoms with Crippen LogP contribution in [-0.4, -0.2) is 24.9 Å². The molecule has 3 rings (SSSR count). The van der Waals surface area contributed by atoms with Gasteiger partial charge in [-0.25, -0.2) is 0 Å². The topological polar surface area (TPSA) is 47.6 Å². The van der Waals surface area contributed by atoms with Crippen LogP contribution in [0.5, 0.6) is 11.5 Å². The van der Waals surface area contributed by atoms with Gasteiger partial charge in [0, 0.05) is 10.6 Å². The summed E-state index contributed by atoms with van der Waals surface area (Å²) in [7, 11) is 0. The minimum atomic E-state index is -0.112. The number of hydrogen-bond acceptors (Lipinski definition) is 4. The second-order valence-electron chi connectivity index (χ2n) is 5.42. The molecule has 2 aromatic rings. The van der Waals surface area contributed by atoms with Crippen molar-refractivity contribution in [1.29, 1.82) is 0 Å². The Hall–Kier alpha value is -2.11. The maximum absolute atomic E-state index is 12.4. The number of para-hydroxylation sites is 1. The van der Waals surface area contributed by atoms with E-state index in [0.29, 0.717) is 29.7 Å². The molecule has 1 aliphatic heterocycles. The van der Waals surface area contributed by atoms with Crippen LogP contribution in [0.2, 0.25) is 5.02 Å². The average Bonchev–Trinajstić information content (AvgIpc) is 2.61. The van der Waals surface area contributed by atoms with Crippen molar-refractivity contribution < 1.29 is 14.3 Å². The molecule has 1 aliphatic rings. The average molecular weight is 376 g/mol.